The lowest BCUT2D eigenvalue weighted by Crippen LogP contribution is -2.25. The Hall–Kier alpha value is -3.06. The van der Waals surface area contributed by atoms with Gasteiger partial charge >= 0.3 is 0 Å². The van der Waals surface area contributed by atoms with Gasteiger partial charge in [0.05, 0.1) is 19.1 Å². The first-order valence-corrected chi connectivity index (χ1v) is 10.5. The summed E-state index contributed by atoms with van der Waals surface area (Å²) in [5.41, 5.74) is 2.43. The maximum absolute atomic E-state index is 12.7. The summed E-state index contributed by atoms with van der Waals surface area (Å²) in [6.07, 6.45) is 0.334. The summed E-state index contributed by atoms with van der Waals surface area (Å²) in [7, 11) is 1.59. The van der Waals surface area contributed by atoms with Crippen LogP contribution in [0.2, 0.25) is 5.02 Å². The summed E-state index contributed by atoms with van der Waals surface area (Å²) < 4.78 is 16.7. The monoisotopic (exact) mass is 441 g/mol. The summed E-state index contributed by atoms with van der Waals surface area (Å²) >= 11 is 6.23. The zero-order valence-corrected chi connectivity index (χ0v) is 18.6. The van der Waals surface area contributed by atoms with Crippen molar-refractivity contribution in [2.45, 2.75) is 39.2 Å². The Kier molecular flexibility index (Phi) is 5.87. The molecule has 2 heterocycles. The van der Waals surface area contributed by atoms with E-state index in [-0.39, 0.29) is 17.9 Å². The number of nitrogens with zero attached hydrogens (tertiary/aromatic N) is 3. The smallest absolute Gasteiger partial charge is 0.232 e. The minimum Gasteiger partial charge on any atom is -0.493 e. The van der Waals surface area contributed by atoms with Crippen LogP contribution in [0.1, 0.15) is 37.6 Å². The van der Waals surface area contributed by atoms with Gasteiger partial charge in [0.1, 0.15) is 0 Å². The third kappa shape index (κ3) is 4.23. The molecule has 2 aromatic carbocycles. The molecule has 31 heavy (non-hydrogen) atoms. The van der Waals surface area contributed by atoms with E-state index in [0.29, 0.717) is 41.2 Å². The molecule has 1 aliphatic rings. The van der Waals surface area contributed by atoms with Crippen LogP contribution in [0.5, 0.6) is 11.5 Å². The second-order valence-electron chi connectivity index (χ2n) is 7.78. The fourth-order valence-corrected chi connectivity index (χ4v) is 3.84. The van der Waals surface area contributed by atoms with Crippen molar-refractivity contribution in [2.75, 3.05) is 18.6 Å². The van der Waals surface area contributed by atoms with E-state index in [0.717, 1.165) is 16.8 Å². The van der Waals surface area contributed by atoms with Crippen molar-refractivity contribution < 1.29 is 18.8 Å². The molecule has 1 unspecified atom stereocenters. The van der Waals surface area contributed by atoms with Gasteiger partial charge in [-0.2, -0.15) is 4.98 Å². The van der Waals surface area contributed by atoms with Crippen molar-refractivity contribution in [2.24, 2.45) is 0 Å². The molecular formula is C23H24ClN3O4. The number of benzene rings is 2. The lowest BCUT2D eigenvalue weighted by atomic mass is 10.1. The standard InChI is InChI=1S/C23H24ClN3O4/c1-13(2)30-19-9-8-15(10-20(19)29-4)22-25-23(31-26-22)16-11-21(28)27(12-16)18-7-5-6-17(24)14(18)3/h5-10,13,16H,11-12H2,1-4H3. The minimum absolute atomic E-state index is 0.00646. The number of carbonyl (C=O) groups excluding carboxylic acids is 1. The van der Waals surface area contributed by atoms with Crippen LogP contribution in [0.15, 0.2) is 40.9 Å². The Morgan fingerprint density at radius 1 is 1.23 bits per heavy atom. The van der Waals surface area contributed by atoms with Gasteiger partial charge in [0, 0.05) is 29.2 Å². The Bertz CT molecular complexity index is 1110. The fraction of sp³-hybridized carbons (Fsp3) is 0.348. The van der Waals surface area contributed by atoms with Gasteiger partial charge in [-0.05, 0) is 56.7 Å². The van der Waals surface area contributed by atoms with Crippen molar-refractivity contribution in [1.82, 2.24) is 10.1 Å². The SMILES string of the molecule is COc1cc(-c2noc(C3CC(=O)N(c4cccc(Cl)c4C)C3)n2)ccc1OC(C)C. The second kappa shape index (κ2) is 8.59. The molecule has 1 saturated heterocycles. The average molecular weight is 442 g/mol. The van der Waals surface area contributed by atoms with Crippen LogP contribution in [0.25, 0.3) is 11.4 Å². The van der Waals surface area contributed by atoms with Crippen molar-refractivity contribution in [3.05, 3.63) is 52.9 Å². The zero-order valence-electron chi connectivity index (χ0n) is 17.9. The van der Waals surface area contributed by atoms with E-state index in [1.54, 1.807) is 12.0 Å². The van der Waals surface area contributed by atoms with Crippen LogP contribution in [0.4, 0.5) is 5.69 Å². The van der Waals surface area contributed by atoms with Gasteiger partial charge in [-0.25, -0.2) is 0 Å². The van der Waals surface area contributed by atoms with Gasteiger partial charge in [-0.3, -0.25) is 4.79 Å². The first kappa shape index (κ1) is 21.2. The van der Waals surface area contributed by atoms with Crippen LogP contribution in [0.3, 0.4) is 0 Å². The molecule has 1 aliphatic heterocycles. The van der Waals surface area contributed by atoms with Gasteiger partial charge < -0.3 is 18.9 Å². The summed E-state index contributed by atoms with van der Waals surface area (Å²) in [6.45, 7) is 6.28. The summed E-state index contributed by atoms with van der Waals surface area (Å²) in [5, 5.41) is 4.75. The minimum atomic E-state index is -0.183. The number of amides is 1. The quantitative estimate of drug-likeness (QED) is 0.534. The topological polar surface area (TPSA) is 77.7 Å². The molecule has 7 nitrogen and oxygen atoms in total. The Morgan fingerprint density at radius 3 is 2.77 bits per heavy atom. The highest BCUT2D eigenvalue weighted by Gasteiger charge is 2.36. The number of carbonyl (C=O) groups is 1. The molecule has 3 aromatic rings. The highest BCUT2D eigenvalue weighted by Crippen LogP contribution is 2.36. The molecular weight excluding hydrogens is 418 g/mol. The Balaban J connectivity index is 1.56. The predicted molar refractivity (Wildman–Crippen MR) is 118 cm³/mol. The first-order valence-electron chi connectivity index (χ1n) is 10.1. The van der Waals surface area contributed by atoms with Crippen molar-refractivity contribution in [3.63, 3.8) is 0 Å². The van der Waals surface area contributed by atoms with E-state index in [1.165, 1.54) is 0 Å². The Morgan fingerprint density at radius 2 is 2.03 bits per heavy atom. The molecule has 1 amide bonds. The first-order chi connectivity index (χ1) is 14.9. The molecule has 0 radical (unpaired) electrons. The van der Waals surface area contributed by atoms with E-state index in [4.69, 9.17) is 25.6 Å². The number of rotatable bonds is 6. The van der Waals surface area contributed by atoms with Gasteiger partial charge in [-0.15, -0.1) is 0 Å². The number of halogens is 1. The normalized spacial score (nSPS) is 16.3. The molecule has 1 fully saturated rings. The molecule has 0 N–H and O–H groups in total. The Labute approximate surface area is 185 Å². The molecule has 1 aromatic heterocycles. The van der Waals surface area contributed by atoms with E-state index < -0.39 is 0 Å². The maximum Gasteiger partial charge on any atom is 0.232 e. The van der Waals surface area contributed by atoms with Gasteiger partial charge in [-0.1, -0.05) is 22.8 Å². The summed E-state index contributed by atoms with van der Waals surface area (Å²) in [5.74, 6) is 1.95. The van der Waals surface area contributed by atoms with Crippen LogP contribution < -0.4 is 14.4 Å². The van der Waals surface area contributed by atoms with Crippen LogP contribution in [0, 0.1) is 6.92 Å². The van der Waals surface area contributed by atoms with Gasteiger partial charge in [0.25, 0.3) is 0 Å². The van der Waals surface area contributed by atoms with E-state index in [9.17, 15) is 4.79 Å². The molecule has 0 spiro atoms. The second-order valence-corrected chi connectivity index (χ2v) is 8.19. The van der Waals surface area contributed by atoms with Crippen molar-refractivity contribution in [1.29, 1.82) is 0 Å². The highest BCUT2D eigenvalue weighted by molar-refractivity contribution is 6.31. The van der Waals surface area contributed by atoms with Crippen LogP contribution in [-0.2, 0) is 4.79 Å². The van der Waals surface area contributed by atoms with Gasteiger partial charge in [0.15, 0.2) is 11.5 Å². The average Bonchev–Trinajstić information content (AvgIpc) is 3.37. The molecule has 0 bridgehead atoms. The number of anilines is 1. The largest absolute Gasteiger partial charge is 0.493 e. The van der Waals surface area contributed by atoms with Crippen molar-refractivity contribution in [3.8, 4) is 22.9 Å². The predicted octanol–water partition coefficient (Wildman–Crippen LogP) is 5.01. The lowest BCUT2D eigenvalue weighted by Gasteiger charge is -2.19. The third-order valence-electron chi connectivity index (χ3n) is 5.23. The molecule has 4 rings (SSSR count). The number of hydrogen-bond donors (Lipinski definition) is 0. The maximum atomic E-state index is 12.7. The lowest BCUT2D eigenvalue weighted by molar-refractivity contribution is -0.117. The van der Waals surface area contributed by atoms with E-state index >= 15 is 0 Å². The zero-order chi connectivity index (χ0) is 22.1. The fourth-order valence-electron chi connectivity index (χ4n) is 3.67. The van der Waals surface area contributed by atoms with Crippen molar-refractivity contribution >= 4 is 23.2 Å². The molecule has 0 aliphatic carbocycles. The molecule has 162 valence electrons. The van der Waals surface area contributed by atoms with Crippen LogP contribution in [-0.4, -0.2) is 35.8 Å². The third-order valence-corrected chi connectivity index (χ3v) is 5.64. The van der Waals surface area contributed by atoms with Gasteiger partial charge in [0.2, 0.25) is 17.6 Å². The van der Waals surface area contributed by atoms with Crippen LogP contribution >= 0.6 is 11.6 Å². The van der Waals surface area contributed by atoms with E-state index in [1.807, 2.05) is 57.2 Å². The highest BCUT2D eigenvalue weighted by atomic mass is 35.5. The number of hydrogen-bond acceptors (Lipinski definition) is 6. The number of aromatic nitrogens is 2. The summed E-state index contributed by atoms with van der Waals surface area (Å²) in [6, 6.07) is 11.1. The van der Waals surface area contributed by atoms with E-state index in [2.05, 4.69) is 10.1 Å². The molecule has 8 heteroatoms. The molecule has 0 saturated carbocycles. The number of ether oxygens (including phenoxy) is 2. The molecule has 1 atom stereocenters. The summed E-state index contributed by atoms with van der Waals surface area (Å²) in [4.78, 5) is 19.0. The number of methoxy groups -OCH3 is 1.